The van der Waals surface area contributed by atoms with Crippen LogP contribution in [0.5, 0.6) is 0 Å². The maximum Gasteiger partial charge on any atom is 0.191 e. The van der Waals surface area contributed by atoms with E-state index in [0.717, 1.165) is 29.5 Å². The first kappa shape index (κ1) is 17.5. The van der Waals surface area contributed by atoms with Crippen molar-refractivity contribution in [2.24, 2.45) is 12.0 Å². The predicted octanol–water partition coefficient (Wildman–Crippen LogP) is 2.11. The van der Waals surface area contributed by atoms with Crippen molar-refractivity contribution in [2.45, 2.75) is 26.9 Å². The summed E-state index contributed by atoms with van der Waals surface area (Å²) in [4.78, 5) is 4.21. The Balaban J connectivity index is 0.00000220. The number of aromatic nitrogens is 2. The van der Waals surface area contributed by atoms with E-state index < -0.39 is 0 Å². The van der Waals surface area contributed by atoms with Crippen molar-refractivity contribution < 1.29 is 4.52 Å². The van der Waals surface area contributed by atoms with Crippen LogP contribution in [0.15, 0.2) is 27.8 Å². The highest BCUT2D eigenvalue weighted by atomic mass is 127. The van der Waals surface area contributed by atoms with Crippen molar-refractivity contribution in [2.75, 3.05) is 7.05 Å². The lowest BCUT2D eigenvalue weighted by atomic mass is 10.2. The molecule has 2 heterocycles. The Hall–Kier alpha value is -1.51. The molecule has 0 amide bonds. The van der Waals surface area contributed by atoms with Crippen LogP contribution in [0.4, 0.5) is 0 Å². The standard InChI is InChI=1S/C14H21N5O.HI/c1-10-13(11(2)20-18-10)9-17-14(15-3)16-8-12-6-5-7-19(12)4;/h5-7H,8-9H2,1-4H3,(H2,15,16,17);1H. The van der Waals surface area contributed by atoms with Crippen molar-refractivity contribution in [1.29, 1.82) is 0 Å². The molecule has 0 aromatic carbocycles. The first-order valence-corrected chi connectivity index (χ1v) is 6.58. The van der Waals surface area contributed by atoms with Gasteiger partial charge in [0.2, 0.25) is 0 Å². The van der Waals surface area contributed by atoms with E-state index in [1.807, 2.05) is 33.2 Å². The van der Waals surface area contributed by atoms with Gasteiger partial charge in [-0.3, -0.25) is 4.99 Å². The number of aryl methyl sites for hydroxylation is 3. The lowest BCUT2D eigenvalue weighted by molar-refractivity contribution is 0.392. The number of rotatable bonds is 4. The van der Waals surface area contributed by atoms with E-state index in [1.54, 1.807) is 7.05 Å². The molecule has 2 N–H and O–H groups in total. The van der Waals surface area contributed by atoms with Crippen LogP contribution >= 0.6 is 24.0 Å². The number of nitrogens with zero attached hydrogens (tertiary/aromatic N) is 3. The third-order valence-corrected chi connectivity index (χ3v) is 3.33. The van der Waals surface area contributed by atoms with E-state index in [-0.39, 0.29) is 24.0 Å². The van der Waals surface area contributed by atoms with Gasteiger partial charge in [0.1, 0.15) is 5.76 Å². The zero-order valence-electron chi connectivity index (χ0n) is 12.8. The average molecular weight is 403 g/mol. The highest BCUT2D eigenvalue weighted by Gasteiger charge is 2.09. The molecule has 2 aromatic heterocycles. The van der Waals surface area contributed by atoms with E-state index in [4.69, 9.17) is 4.52 Å². The van der Waals surface area contributed by atoms with Gasteiger partial charge in [-0.25, -0.2) is 0 Å². The molecule has 0 unspecified atom stereocenters. The SMILES string of the molecule is CN=C(NCc1c(C)noc1C)NCc1cccn1C.I. The van der Waals surface area contributed by atoms with Crippen molar-refractivity contribution in [3.63, 3.8) is 0 Å². The zero-order valence-corrected chi connectivity index (χ0v) is 15.1. The summed E-state index contributed by atoms with van der Waals surface area (Å²) in [5, 5.41) is 10.5. The Labute approximate surface area is 142 Å². The van der Waals surface area contributed by atoms with Gasteiger partial charge in [-0.2, -0.15) is 0 Å². The van der Waals surface area contributed by atoms with Crippen LogP contribution in [0, 0.1) is 13.8 Å². The predicted molar refractivity (Wildman–Crippen MR) is 93.8 cm³/mol. The van der Waals surface area contributed by atoms with Gasteiger partial charge in [-0.15, -0.1) is 24.0 Å². The topological polar surface area (TPSA) is 67.4 Å². The Bertz CT molecular complexity index is 583. The number of aliphatic imine (C=N–C) groups is 1. The van der Waals surface area contributed by atoms with Crippen molar-refractivity contribution >= 4 is 29.9 Å². The molecule has 21 heavy (non-hydrogen) atoms. The van der Waals surface area contributed by atoms with E-state index in [2.05, 4.69) is 31.4 Å². The summed E-state index contributed by atoms with van der Waals surface area (Å²) >= 11 is 0. The monoisotopic (exact) mass is 403 g/mol. The molecule has 0 saturated heterocycles. The molecular formula is C14H22IN5O. The van der Waals surface area contributed by atoms with E-state index >= 15 is 0 Å². The first-order chi connectivity index (χ1) is 9.61. The lowest BCUT2D eigenvalue weighted by Gasteiger charge is -2.12. The number of halogens is 1. The van der Waals surface area contributed by atoms with Gasteiger partial charge in [-0.05, 0) is 26.0 Å². The summed E-state index contributed by atoms with van der Waals surface area (Å²) in [7, 11) is 3.78. The van der Waals surface area contributed by atoms with Gasteiger partial charge in [0.15, 0.2) is 5.96 Å². The molecule has 0 saturated carbocycles. The summed E-state index contributed by atoms with van der Waals surface area (Å²) in [5.74, 6) is 1.60. The molecule has 0 bridgehead atoms. The van der Waals surface area contributed by atoms with Gasteiger partial charge in [-0.1, -0.05) is 5.16 Å². The number of hydrogen-bond acceptors (Lipinski definition) is 3. The van der Waals surface area contributed by atoms with Gasteiger partial charge >= 0.3 is 0 Å². The molecule has 0 aliphatic rings. The maximum absolute atomic E-state index is 5.14. The largest absolute Gasteiger partial charge is 0.361 e. The summed E-state index contributed by atoms with van der Waals surface area (Å²) in [5.41, 5.74) is 3.19. The minimum atomic E-state index is 0. The second kappa shape index (κ2) is 8.06. The highest BCUT2D eigenvalue weighted by Crippen LogP contribution is 2.11. The number of guanidine groups is 1. The van der Waals surface area contributed by atoms with Gasteiger partial charge in [0, 0.05) is 38.1 Å². The Morgan fingerprint density at radius 1 is 1.33 bits per heavy atom. The van der Waals surface area contributed by atoms with Gasteiger partial charge in [0.05, 0.1) is 12.2 Å². The van der Waals surface area contributed by atoms with Crippen LogP contribution in [0.3, 0.4) is 0 Å². The molecule has 0 atom stereocenters. The molecule has 6 nitrogen and oxygen atoms in total. The zero-order chi connectivity index (χ0) is 14.5. The molecular weight excluding hydrogens is 381 g/mol. The van der Waals surface area contributed by atoms with Crippen LogP contribution in [-0.2, 0) is 20.1 Å². The van der Waals surface area contributed by atoms with Crippen molar-refractivity contribution in [1.82, 2.24) is 20.4 Å². The lowest BCUT2D eigenvalue weighted by Crippen LogP contribution is -2.36. The Morgan fingerprint density at radius 3 is 2.57 bits per heavy atom. The number of nitrogens with one attached hydrogen (secondary N) is 2. The molecule has 2 rings (SSSR count). The fourth-order valence-corrected chi connectivity index (χ4v) is 2.00. The highest BCUT2D eigenvalue weighted by molar-refractivity contribution is 14.0. The second-order valence-electron chi connectivity index (χ2n) is 4.69. The Kier molecular flexibility index (Phi) is 6.73. The molecule has 7 heteroatoms. The van der Waals surface area contributed by atoms with E-state index in [9.17, 15) is 0 Å². The summed E-state index contributed by atoms with van der Waals surface area (Å²) < 4.78 is 7.22. The first-order valence-electron chi connectivity index (χ1n) is 6.58. The minimum Gasteiger partial charge on any atom is -0.361 e. The van der Waals surface area contributed by atoms with Gasteiger partial charge < -0.3 is 19.7 Å². The number of hydrogen-bond donors (Lipinski definition) is 2. The molecule has 0 aliphatic heterocycles. The molecule has 116 valence electrons. The maximum atomic E-state index is 5.14. The smallest absolute Gasteiger partial charge is 0.191 e. The van der Waals surface area contributed by atoms with Crippen LogP contribution < -0.4 is 10.6 Å². The van der Waals surface area contributed by atoms with Gasteiger partial charge in [0.25, 0.3) is 0 Å². The van der Waals surface area contributed by atoms with Crippen molar-refractivity contribution in [3.05, 3.63) is 41.0 Å². The molecule has 0 aliphatic carbocycles. The van der Waals surface area contributed by atoms with Crippen LogP contribution in [-0.4, -0.2) is 22.7 Å². The third kappa shape index (κ3) is 4.48. The molecule has 0 radical (unpaired) electrons. The molecule has 0 spiro atoms. The minimum absolute atomic E-state index is 0. The average Bonchev–Trinajstić information content (AvgIpc) is 2.98. The quantitative estimate of drug-likeness (QED) is 0.466. The van der Waals surface area contributed by atoms with E-state index in [1.165, 1.54) is 5.69 Å². The molecule has 0 fully saturated rings. The summed E-state index contributed by atoms with van der Waals surface area (Å²) in [6, 6.07) is 4.10. The fourth-order valence-electron chi connectivity index (χ4n) is 2.00. The Morgan fingerprint density at radius 2 is 2.05 bits per heavy atom. The van der Waals surface area contributed by atoms with E-state index in [0.29, 0.717) is 6.54 Å². The third-order valence-electron chi connectivity index (χ3n) is 3.33. The van der Waals surface area contributed by atoms with Crippen LogP contribution in [0.25, 0.3) is 0 Å². The van der Waals surface area contributed by atoms with Crippen molar-refractivity contribution in [3.8, 4) is 0 Å². The fraction of sp³-hybridized carbons (Fsp3) is 0.429. The summed E-state index contributed by atoms with van der Waals surface area (Å²) in [6.07, 6.45) is 2.02. The van der Waals surface area contributed by atoms with Crippen LogP contribution in [0.1, 0.15) is 22.7 Å². The normalized spacial score (nSPS) is 11.1. The van der Waals surface area contributed by atoms with Crippen LogP contribution in [0.2, 0.25) is 0 Å². The molecule has 2 aromatic rings. The second-order valence-corrected chi connectivity index (χ2v) is 4.69. The summed E-state index contributed by atoms with van der Waals surface area (Å²) in [6.45, 7) is 5.23.